The molecule has 4 rings (SSSR count). The fourth-order valence-electron chi connectivity index (χ4n) is 3.30. The molecule has 3 heterocycles. The van der Waals surface area contributed by atoms with Crippen LogP contribution in [-0.4, -0.2) is 34.1 Å². The van der Waals surface area contributed by atoms with Crippen molar-refractivity contribution in [3.05, 3.63) is 35.8 Å². The zero-order valence-electron chi connectivity index (χ0n) is 13.0. The molecule has 6 heteroatoms. The van der Waals surface area contributed by atoms with Gasteiger partial charge in [0.05, 0.1) is 5.69 Å². The Kier molecular flexibility index (Phi) is 3.24. The van der Waals surface area contributed by atoms with Gasteiger partial charge in [0.15, 0.2) is 5.82 Å². The van der Waals surface area contributed by atoms with Gasteiger partial charge in [-0.15, -0.1) is 0 Å². The number of aromatic nitrogens is 3. The maximum atomic E-state index is 8.96. The van der Waals surface area contributed by atoms with Gasteiger partial charge in [-0.25, -0.2) is 15.0 Å². The van der Waals surface area contributed by atoms with Crippen LogP contribution in [0.2, 0.25) is 0 Å². The van der Waals surface area contributed by atoms with E-state index >= 15 is 0 Å². The van der Waals surface area contributed by atoms with Gasteiger partial charge in [-0.1, -0.05) is 0 Å². The summed E-state index contributed by atoms with van der Waals surface area (Å²) in [5.74, 6) is 1.43. The first-order valence-electron chi connectivity index (χ1n) is 7.89. The molecular weight excluding hydrogens is 288 g/mol. The topological polar surface area (TPSA) is 86.5 Å². The third-order valence-corrected chi connectivity index (χ3v) is 4.88. The summed E-state index contributed by atoms with van der Waals surface area (Å²) in [7, 11) is 0. The number of nitrogens with one attached hydrogen (secondary N) is 2. The van der Waals surface area contributed by atoms with Crippen LogP contribution in [0.15, 0.2) is 24.4 Å². The lowest BCUT2D eigenvalue weighted by Gasteiger charge is -2.20. The molecule has 6 nitrogen and oxygen atoms in total. The standard InChI is InChI=1S/C17H18N6/c1-11-13(16-20-7-4-12(8-18)22-16)2-3-15(21-11)23-14-9-19-10-17(14)5-6-17/h2-4,7,14,19H,5-6,9-10H2,1H3,(H,21,23). The van der Waals surface area contributed by atoms with Crippen LogP contribution in [0.1, 0.15) is 24.2 Å². The molecule has 0 radical (unpaired) electrons. The Bertz CT molecular complexity index is 790. The summed E-state index contributed by atoms with van der Waals surface area (Å²) in [6.07, 6.45) is 4.20. The molecule has 1 saturated heterocycles. The van der Waals surface area contributed by atoms with Crippen molar-refractivity contribution in [2.75, 3.05) is 18.4 Å². The second kappa shape index (κ2) is 5.28. The molecule has 1 spiro atoms. The van der Waals surface area contributed by atoms with Gasteiger partial charge in [0.25, 0.3) is 0 Å². The molecule has 0 aromatic carbocycles. The van der Waals surface area contributed by atoms with E-state index in [9.17, 15) is 0 Å². The van der Waals surface area contributed by atoms with E-state index in [0.29, 0.717) is 23.0 Å². The lowest BCUT2D eigenvalue weighted by Crippen LogP contribution is -2.29. The molecule has 1 saturated carbocycles. The SMILES string of the molecule is Cc1nc(NC2CNCC23CC3)ccc1-c1nccc(C#N)n1. The minimum Gasteiger partial charge on any atom is -0.365 e. The largest absolute Gasteiger partial charge is 0.365 e. The van der Waals surface area contributed by atoms with Crippen LogP contribution in [0.3, 0.4) is 0 Å². The van der Waals surface area contributed by atoms with Crippen molar-refractivity contribution >= 4 is 5.82 Å². The number of hydrogen-bond acceptors (Lipinski definition) is 6. The Morgan fingerprint density at radius 1 is 1.30 bits per heavy atom. The van der Waals surface area contributed by atoms with E-state index < -0.39 is 0 Å². The van der Waals surface area contributed by atoms with Crippen LogP contribution in [0.5, 0.6) is 0 Å². The fraction of sp³-hybridized carbons (Fsp3) is 0.412. The van der Waals surface area contributed by atoms with E-state index in [0.717, 1.165) is 30.2 Å². The van der Waals surface area contributed by atoms with E-state index in [1.807, 2.05) is 25.1 Å². The number of anilines is 1. The van der Waals surface area contributed by atoms with Gasteiger partial charge >= 0.3 is 0 Å². The van der Waals surface area contributed by atoms with E-state index in [4.69, 9.17) is 5.26 Å². The number of rotatable bonds is 3. The van der Waals surface area contributed by atoms with Gasteiger partial charge in [-0.2, -0.15) is 5.26 Å². The molecule has 23 heavy (non-hydrogen) atoms. The van der Waals surface area contributed by atoms with Crippen molar-refractivity contribution in [2.45, 2.75) is 25.8 Å². The predicted molar refractivity (Wildman–Crippen MR) is 86.7 cm³/mol. The first-order chi connectivity index (χ1) is 11.2. The van der Waals surface area contributed by atoms with Gasteiger partial charge in [0.2, 0.25) is 0 Å². The highest BCUT2D eigenvalue weighted by atomic mass is 15.1. The number of nitriles is 1. The van der Waals surface area contributed by atoms with Crippen molar-refractivity contribution in [3.8, 4) is 17.5 Å². The Labute approximate surface area is 135 Å². The number of nitrogens with zero attached hydrogens (tertiary/aromatic N) is 4. The van der Waals surface area contributed by atoms with Gasteiger partial charge in [-0.3, -0.25) is 0 Å². The summed E-state index contributed by atoms with van der Waals surface area (Å²) in [4.78, 5) is 13.2. The van der Waals surface area contributed by atoms with Crippen LogP contribution in [0.25, 0.3) is 11.4 Å². The zero-order chi connectivity index (χ0) is 15.9. The zero-order valence-corrected chi connectivity index (χ0v) is 13.0. The highest BCUT2D eigenvalue weighted by molar-refractivity contribution is 5.60. The van der Waals surface area contributed by atoms with Crippen molar-refractivity contribution in [2.24, 2.45) is 5.41 Å². The van der Waals surface area contributed by atoms with E-state index in [-0.39, 0.29) is 0 Å². The molecule has 2 fully saturated rings. The predicted octanol–water partition coefficient (Wildman–Crippen LogP) is 1.88. The van der Waals surface area contributed by atoms with Crippen LogP contribution >= 0.6 is 0 Å². The van der Waals surface area contributed by atoms with Crippen LogP contribution < -0.4 is 10.6 Å². The van der Waals surface area contributed by atoms with E-state index in [1.54, 1.807) is 12.3 Å². The quantitative estimate of drug-likeness (QED) is 0.900. The number of pyridine rings is 1. The minimum absolute atomic E-state index is 0.365. The third-order valence-electron chi connectivity index (χ3n) is 4.88. The first-order valence-corrected chi connectivity index (χ1v) is 7.89. The lowest BCUT2D eigenvalue weighted by molar-refractivity contribution is 0.523. The van der Waals surface area contributed by atoms with Gasteiger partial charge < -0.3 is 10.6 Å². The normalized spacial score (nSPS) is 21.1. The lowest BCUT2D eigenvalue weighted by atomic mass is 10.0. The molecule has 2 aromatic heterocycles. The summed E-state index contributed by atoms with van der Waals surface area (Å²) < 4.78 is 0. The van der Waals surface area contributed by atoms with Crippen molar-refractivity contribution in [3.63, 3.8) is 0 Å². The van der Waals surface area contributed by atoms with Crippen molar-refractivity contribution < 1.29 is 0 Å². The van der Waals surface area contributed by atoms with Crippen molar-refractivity contribution in [1.29, 1.82) is 5.26 Å². The average Bonchev–Trinajstić information content (AvgIpc) is 3.24. The highest BCUT2D eigenvalue weighted by Crippen LogP contribution is 2.51. The van der Waals surface area contributed by atoms with Gasteiger partial charge in [0, 0.05) is 36.3 Å². The average molecular weight is 306 g/mol. The molecule has 2 aliphatic rings. The summed E-state index contributed by atoms with van der Waals surface area (Å²) >= 11 is 0. The monoisotopic (exact) mass is 306 g/mol. The van der Waals surface area contributed by atoms with E-state index in [1.165, 1.54) is 12.8 Å². The Hall–Kier alpha value is -2.52. The summed E-state index contributed by atoms with van der Waals surface area (Å²) in [5, 5.41) is 16.0. The number of aryl methyl sites for hydroxylation is 1. The summed E-state index contributed by atoms with van der Waals surface area (Å²) in [6, 6.07) is 8.05. The van der Waals surface area contributed by atoms with Crippen LogP contribution in [0.4, 0.5) is 5.82 Å². The maximum absolute atomic E-state index is 8.96. The molecule has 1 atom stereocenters. The number of hydrogen-bond donors (Lipinski definition) is 2. The Balaban J connectivity index is 1.58. The molecular formula is C17H18N6. The molecule has 1 aliphatic carbocycles. The molecule has 116 valence electrons. The van der Waals surface area contributed by atoms with Crippen LogP contribution in [-0.2, 0) is 0 Å². The maximum Gasteiger partial charge on any atom is 0.162 e. The minimum atomic E-state index is 0.365. The van der Waals surface area contributed by atoms with Gasteiger partial charge in [0.1, 0.15) is 17.6 Å². The summed E-state index contributed by atoms with van der Waals surface area (Å²) in [6.45, 7) is 4.05. The molecule has 2 aromatic rings. The summed E-state index contributed by atoms with van der Waals surface area (Å²) in [5.41, 5.74) is 2.53. The Morgan fingerprint density at radius 3 is 2.91 bits per heavy atom. The molecule has 1 aliphatic heterocycles. The van der Waals surface area contributed by atoms with E-state index in [2.05, 4.69) is 25.6 Å². The van der Waals surface area contributed by atoms with Gasteiger partial charge in [-0.05, 0) is 38.0 Å². The second-order valence-corrected chi connectivity index (χ2v) is 6.40. The highest BCUT2D eigenvalue weighted by Gasteiger charge is 2.52. The Morgan fingerprint density at radius 2 is 2.17 bits per heavy atom. The van der Waals surface area contributed by atoms with Crippen molar-refractivity contribution in [1.82, 2.24) is 20.3 Å². The molecule has 0 bridgehead atoms. The van der Waals surface area contributed by atoms with Crippen LogP contribution in [0, 0.1) is 23.7 Å². The molecule has 2 N–H and O–H groups in total. The molecule has 1 unspecified atom stereocenters. The first kappa shape index (κ1) is 14.1. The molecule has 0 amide bonds. The smallest absolute Gasteiger partial charge is 0.162 e. The fourth-order valence-corrected chi connectivity index (χ4v) is 3.30. The third kappa shape index (κ3) is 2.53. The second-order valence-electron chi connectivity index (χ2n) is 6.40.